The first-order chi connectivity index (χ1) is 16.3. The summed E-state index contributed by atoms with van der Waals surface area (Å²) >= 11 is 0. The van der Waals surface area contributed by atoms with Crippen molar-refractivity contribution in [2.75, 3.05) is 24.5 Å². The second-order valence-electron chi connectivity index (χ2n) is 9.79. The molecule has 2 aliphatic rings. The fourth-order valence-electron chi connectivity index (χ4n) is 5.11. The summed E-state index contributed by atoms with van der Waals surface area (Å²) in [5.41, 5.74) is 3.80. The highest BCUT2D eigenvalue weighted by molar-refractivity contribution is 5.94. The molecule has 0 aliphatic carbocycles. The van der Waals surface area contributed by atoms with Crippen LogP contribution in [0, 0.1) is 0 Å². The van der Waals surface area contributed by atoms with E-state index in [1.807, 2.05) is 48.7 Å². The SMILES string of the molecule is CC(=O)N1c2ccc(-c3cnn(CCN4CCCCC4)c3)cc2[C@H](NC(=O)OC(C)C)C[C@@H]1C. The quantitative estimate of drug-likeness (QED) is 0.683. The molecular weight excluding hydrogens is 430 g/mol. The van der Waals surface area contributed by atoms with Gasteiger partial charge in [0.1, 0.15) is 0 Å². The molecule has 8 nitrogen and oxygen atoms in total. The number of nitrogens with one attached hydrogen (secondary N) is 1. The molecule has 2 amide bonds. The summed E-state index contributed by atoms with van der Waals surface area (Å²) in [5.74, 6) is -0.00441. The van der Waals surface area contributed by atoms with Crippen LogP contribution in [0.25, 0.3) is 11.1 Å². The Bertz CT molecular complexity index is 1010. The van der Waals surface area contributed by atoms with E-state index in [4.69, 9.17) is 4.74 Å². The minimum Gasteiger partial charge on any atom is -0.447 e. The molecule has 3 heterocycles. The average molecular weight is 468 g/mol. The average Bonchev–Trinajstić information content (AvgIpc) is 3.26. The third kappa shape index (κ3) is 5.60. The van der Waals surface area contributed by atoms with E-state index in [-0.39, 0.29) is 24.1 Å². The number of carbonyl (C=O) groups excluding carboxylic acids is 2. The monoisotopic (exact) mass is 467 g/mol. The maximum atomic E-state index is 12.4. The van der Waals surface area contributed by atoms with E-state index < -0.39 is 6.09 Å². The molecule has 1 N–H and O–H groups in total. The van der Waals surface area contributed by atoms with Crippen LogP contribution in [0.5, 0.6) is 0 Å². The van der Waals surface area contributed by atoms with Gasteiger partial charge < -0.3 is 19.9 Å². The van der Waals surface area contributed by atoms with E-state index in [0.29, 0.717) is 6.42 Å². The molecule has 184 valence electrons. The van der Waals surface area contributed by atoms with Crippen molar-refractivity contribution in [1.82, 2.24) is 20.0 Å². The second-order valence-corrected chi connectivity index (χ2v) is 9.79. The van der Waals surface area contributed by atoms with Crippen LogP contribution in [0.15, 0.2) is 30.6 Å². The maximum absolute atomic E-state index is 12.4. The highest BCUT2D eigenvalue weighted by atomic mass is 16.6. The molecule has 8 heteroatoms. The van der Waals surface area contributed by atoms with Gasteiger partial charge in [0, 0.05) is 37.0 Å². The number of hydrogen-bond donors (Lipinski definition) is 1. The van der Waals surface area contributed by atoms with Gasteiger partial charge in [-0.2, -0.15) is 5.10 Å². The van der Waals surface area contributed by atoms with Gasteiger partial charge in [0.05, 0.1) is 24.9 Å². The fraction of sp³-hybridized carbons (Fsp3) is 0.577. The first-order valence-electron chi connectivity index (χ1n) is 12.5. The Labute approximate surface area is 202 Å². The highest BCUT2D eigenvalue weighted by Crippen LogP contribution is 2.39. The number of benzene rings is 1. The fourth-order valence-corrected chi connectivity index (χ4v) is 5.11. The zero-order valence-corrected chi connectivity index (χ0v) is 20.8. The Balaban J connectivity index is 1.56. The molecule has 0 bridgehead atoms. The van der Waals surface area contributed by atoms with Crippen molar-refractivity contribution in [3.63, 3.8) is 0 Å². The molecule has 0 saturated carbocycles. The van der Waals surface area contributed by atoms with Crippen LogP contribution < -0.4 is 10.2 Å². The van der Waals surface area contributed by atoms with Gasteiger partial charge in [-0.1, -0.05) is 12.5 Å². The number of carbonyl (C=O) groups is 2. The van der Waals surface area contributed by atoms with E-state index in [2.05, 4.69) is 27.6 Å². The molecule has 0 unspecified atom stereocenters. The van der Waals surface area contributed by atoms with E-state index in [9.17, 15) is 9.59 Å². The molecule has 2 aromatic rings. The maximum Gasteiger partial charge on any atom is 0.407 e. The summed E-state index contributed by atoms with van der Waals surface area (Å²) in [7, 11) is 0. The lowest BCUT2D eigenvalue weighted by Gasteiger charge is -2.39. The minimum atomic E-state index is -0.439. The van der Waals surface area contributed by atoms with E-state index >= 15 is 0 Å². The second kappa shape index (κ2) is 10.6. The van der Waals surface area contributed by atoms with Crippen LogP contribution in [0.3, 0.4) is 0 Å². The zero-order valence-electron chi connectivity index (χ0n) is 20.8. The standard InChI is InChI=1S/C26H37N5O3/c1-18(2)34-26(33)28-24-14-19(3)31(20(4)32)25-9-8-21(15-23(24)25)22-16-27-30(17-22)13-12-29-10-6-5-7-11-29/h8-9,15-19,24H,5-7,10-14H2,1-4H3,(H,28,33)/t19-,24+/m0/s1. The van der Waals surface area contributed by atoms with Gasteiger partial charge >= 0.3 is 6.09 Å². The molecule has 4 rings (SSSR count). The molecule has 1 aromatic heterocycles. The number of amides is 2. The normalized spacial score (nSPS) is 20.8. The first-order valence-corrected chi connectivity index (χ1v) is 12.5. The van der Waals surface area contributed by atoms with Gasteiger partial charge in [-0.25, -0.2) is 4.79 Å². The third-order valence-electron chi connectivity index (χ3n) is 6.71. The molecule has 34 heavy (non-hydrogen) atoms. The van der Waals surface area contributed by atoms with E-state index in [1.165, 1.54) is 32.4 Å². The Morgan fingerprint density at radius 2 is 1.91 bits per heavy atom. The van der Waals surface area contributed by atoms with Crippen LogP contribution in [0.2, 0.25) is 0 Å². The number of fused-ring (bicyclic) bond motifs is 1. The van der Waals surface area contributed by atoms with Crippen molar-refractivity contribution in [2.24, 2.45) is 0 Å². The largest absolute Gasteiger partial charge is 0.447 e. The molecule has 1 saturated heterocycles. The van der Waals surface area contributed by atoms with Crippen LogP contribution in [-0.4, -0.2) is 58.5 Å². The van der Waals surface area contributed by atoms with Gasteiger partial charge in [0.25, 0.3) is 0 Å². The van der Waals surface area contributed by atoms with Gasteiger partial charge in [0.15, 0.2) is 0 Å². The number of anilines is 1. The van der Waals surface area contributed by atoms with Crippen molar-refractivity contribution >= 4 is 17.7 Å². The Hall–Kier alpha value is -2.87. The summed E-state index contributed by atoms with van der Waals surface area (Å²) in [6.07, 6.45) is 7.87. The van der Waals surface area contributed by atoms with Crippen LogP contribution in [0.4, 0.5) is 10.5 Å². The molecule has 2 atom stereocenters. The van der Waals surface area contributed by atoms with Crippen LogP contribution in [0.1, 0.15) is 65.0 Å². The van der Waals surface area contributed by atoms with Crippen molar-refractivity contribution in [3.05, 3.63) is 36.2 Å². The predicted octanol–water partition coefficient (Wildman–Crippen LogP) is 4.36. The van der Waals surface area contributed by atoms with E-state index in [1.54, 1.807) is 6.92 Å². The number of piperidine rings is 1. The highest BCUT2D eigenvalue weighted by Gasteiger charge is 2.34. The first kappa shape index (κ1) is 24.3. The molecule has 0 radical (unpaired) electrons. The lowest BCUT2D eigenvalue weighted by molar-refractivity contribution is -0.117. The third-order valence-corrected chi connectivity index (χ3v) is 6.71. The smallest absolute Gasteiger partial charge is 0.407 e. The van der Waals surface area contributed by atoms with Crippen LogP contribution in [-0.2, 0) is 16.1 Å². The summed E-state index contributed by atoms with van der Waals surface area (Å²) in [6.45, 7) is 11.5. The molecule has 1 aromatic carbocycles. The van der Waals surface area contributed by atoms with Gasteiger partial charge in [-0.3, -0.25) is 9.48 Å². The number of aromatic nitrogens is 2. The Morgan fingerprint density at radius 3 is 2.62 bits per heavy atom. The summed E-state index contributed by atoms with van der Waals surface area (Å²) in [6, 6.07) is 5.82. The lowest BCUT2D eigenvalue weighted by Crippen LogP contribution is -2.45. The summed E-state index contributed by atoms with van der Waals surface area (Å²) < 4.78 is 7.33. The van der Waals surface area contributed by atoms with Crippen molar-refractivity contribution < 1.29 is 14.3 Å². The molecule has 1 fully saturated rings. The molecular formula is C26H37N5O3. The van der Waals surface area contributed by atoms with Crippen molar-refractivity contribution in [1.29, 1.82) is 0 Å². The van der Waals surface area contributed by atoms with Gasteiger partial charge in [0.2, 0.25) is 5.91 Å². The zero-order chi connectivity index (χ0) is 24.2. The topological polar surface area (TPSA) is 79.7 Å². The predicted molar refractivity (Wildman–Crippen MR) is 133 cm³/mol. The summed E-state index contributed by atoms with van der Waals surface area (Å²) in [4.78, 5) is 29.1. The summed E-state index contributed by atoms with van der Waals surface area (Å²) in [5, 5.41) is 7.59. The Kier molecular flexibility index (Phi) is 7.56. The molecule has 2 aliphatic heterocycles. The van der Waals surface area contributed by atoms with Gasteiger partial charge in [-0.15, -0.1) is 0 Å². The van der Waals surface area contributed by atoms with Crippen molar-refractivity contribution in [3.8, 4) is 11.1 Å². The van der Waals surface area contributed by atoms with Crippen LogP contribution >= 0.6 is 0 Å². The molecule has 0 spiro atoms. The minimum absolute atomic E-state index is 0.00441. The Morgan fingerprint density at radius 1 is 1.15 bits per heavy atom. The number of nitrogens with zero attached hydrogens (tertiary/aromatic N) is 4. The number of hydrogen-bond acceptors (Lipinski definition) is 5. The van der Waals surface area contributed by atoms with Crippen molar-refractivity contribution in [2.45, 2.75) is 78.1 Å². The van der Waals surface area contributed by atoms with Gasteiger partial charge in [-0.05, 0) is 76.4 Å². The number of likely N-dealkylation sites (tertiary alicyclic amines) is 1. The van der Waals surface area contributed by atoms with E-state index in [0.717, 1.165) is 35.5 Å². The number of rotatable bonds is 6. The lowest BCUT2D eigenvalue weighted by atomic mass is 9.89. The number of ether oxygens (including phenoxy) is 1. The number of alkyl carbamates (subject to hydrolysis) is 1.